The van der Waals surface area contributed by atoms with Crippen LogP contribution in [0.4, 0.5) is 0 Å². The molecule has 0 unspecified atom stereocenters. The number of aromatic amines is 1. The van der Waals surface area contributed by atoms with E-state index >= 15 is 0 Å². The molecule has 23 heavy (non-hydrogen) atoms. The maximum absolute atomic E-state index is 12.3. The number of hydrogen-bond donors (Lipinski definition) is 2. The third-order valence-electron chi connectivity index (χ3n) is 3.83. The summed E-state index contributed by atoms with van der Waals surface area (Å²) in [6.07, 6.45) is 3.60. The van der Waals surface area contributed by atoms with Crippen LogP contribution < -0.4 is 10.9 Å². The van der Waals surface area contributed by atoms with Gasteiger partial charge in [0, 0.05) is 36.8 Å². The van der Waals surface area contributed by atoms with Gasteiger partial charge in [-0.25, -0.2) is 9.50 Å². The Kier molecular flexibility index (Phi) is 4.25. The third kappa shape index (κ3) is 3.32. The molecule has 0 bridgehead atoms. The summed E-state index contributed by atoms with van der Waals surface area (Å²) in [4.78, 5) is 21.0. The summed E-state index contributed by atoms with van der Waals surface area (Å²) < 4.78 is 1.47. The van der Waals surface area contributed by atoms with Gasteiger partial charge >= 0.3 is 0 Å². The lowest BCUT2D eigenvalue weighted by Crippen LogP contribution is -2.28. The van der Waals surface area contributed by atoms with Gasteiger partial charge < -0.3 is 5.32 Å². The van der Waals surface area contributed by atoms with Gasteiger partial charge in [-0.1, -0.05) is 19.9 Å². The number of nitrogens with one attached hydrogen (secondary N) is 2. The predicted molar refractivity (Wildman–Crippen MR) is 89.2 cm³/mol. The predicted octanol–water partition coefficient (Wildman–Crippen LogP) is 2.21. The molecule has 6 heteroatoms. The fourth-order valence-corrected chi connectivity index (χ4v) is 2.70. The van der Waals surface area contributed by atoms with E-state index in [2.05, 4.69) is 34.2 Å². The molecular weight excluding hydrogens is 290 g/mol. The zero-order valence-electron chi connectivity index (χ0n) is 13.6. The Labute approximate surface area is 134 Å². The monoisotopic (exact) mass is 311 g/mol. The van der Waals surface area contributed by atoms with Gasteiger partial charge in [-0.15, -0.1) is 0 Å². The van der Waals surface area contributed by atoms with Crippen molar-refractivity contribution in [3.05, 3.63) is 64.0 Å². The summed E-state index contributed by atoms with van der Waals surface area (Å²) >= 11 is 0. The number of aryl methyl sites for hydroxylation is 1. The molecule has 0 amide bonds. The normalized spacial score (nSPS) is 12.9. The van der Waals surface area contributed by atoms with Gasteiger partial charge in [0.2, 0.25) is 0 Å². The lowest BCUT2D eigenvalue weighted by molar-refractivity contribution is 0.401. The number of H-pyrrole nitrogens is 1. The second-order valence-corrected chi connectivity index (χ2v) is 6.12. The third-order valence-corrected chi connectivity index (χ3v) is 3.83. The fraction of sp³-hybridized carbons (Fsp3) is 0.353. The molecule has 120 valence electrons. The highest BCUT2D eigenvalue weighted by Crippen LogP contribution is 2.20. The van der Waals surface area contributed by atoms with Crippen LogP contribution in [0.3, 0.4) is 0 Å². The lowest BCUT2D eigenvalue weighted by Gasteiger charge is -2.22. The highest BCUT2D eigenvalue weighted by Gasteiger charge is 2.18. The highest BCUT2D eigenvalue weighted by molar-refractivity contribution is 5.39. The zero-order valence-corrected chi connectivity index (χ0v) is 13.6. The van der Waals surface area contributed by atoms with Gasteiger partial charge in [0.1, 0.15) is 0 Å². The first kappa shape index (κ1) is 15.4. The minimum Gasteiger partial charge on any atom is -0.304 e. The minimum absolute atomic E-state index is 0.00288. The van der Waals surface area contributed by atoms with E-state index in [9.17, 15) is 4.79 Å². The van der Waals surface area contributed by atoms with Crippen molar-refractivity contribution in [2.75, 3.05) is 0 Å². The molecule has 0 spiro atoms. The van der Waals surface area contributed by atoms with Crippen LogP contribution in [0.2, 0.25) is 0 Å². The Morgan fingerprint density at radius 2 is 2.17 bits per heavy atom. The van der Waals surface area contributed by atoms with Crippen molar-refractivity contribution < 1.29 is 0 Å². The Hall–Kier alpha value is -2.47. The average molecular weight is 311 g/mol. The van der Waals surface area contributed by atoms with E-state index < -0.39 is 0 Å². The number of nitrogens with zero attached hydrogens (tertiary/aromatic N) is 3. The number of pyridine rings is 1. The van der Waals surface area contributed by atoms with Crippen molar-refractivity contribution >= 4 is 5.65 Å². The van der Waals surface area contributed by atoms with E-state index in [-0.39, 0.29) is 11.6 Å². The topological polar surface area (TPSA) is 75.1 Å². The van der Waals surface area contributed by atoms with Gasteiger partial charge in [0.05, 0.1) is 11.7 Å². The van der Waals surface area contributed by atoms with Crippen molar-refractivity contribution in [3.8, 4) is 0 Å². The molecule has 0 fully saturated rings. The van der Waals surface area contributed by atoms with Gasteiger partial charge in [0.25, 0.3) is 5.56 Å². The number of hydrogen-bond acceptors (Lipinski definition) is 4. The summed E-state index contributed by atoms with van der Waals surface area (Å²) in [5.41, 5.74) is 3.35. The first-order chi connectivity index (χ1) is 11.0. The molecule has 0 saturated carbocycles. The Morgan fingerprint density at radius 3 is 2.87 bits per heavy atom. The molecule has 0 aromatic carbocycles. The van der Waals surface area contributed by atoms with Crippen molar-refractivity contribution in [3.63, 3.8) is 0 Å². The van der Waals surface area contributed by atoms with E-state index in [1.54, 1.807) is 12.3 Å². The molecule has 3 rings (SSSR count). The van der Waals surface area contributed by atoms with E-state index in [0.29, 0.717) is 18.1 Å². The van der Waals surface area contributed by atoms with Crippen molar-refractivity contribution in [2.24, 2.45) is 5.92 Å². The molecule has 0 aliphatic carbocycles. The van der Waals surface area contributed by atoms with Gasteiger partial charge in [-0.2, -0.15) is 0 Å². The smallest absolute Gasteiger partial charge is 0.272 e. The Bertz CT molecular complexity index is 850. The summed E-state index contributed by atoms with van der Waals surface area (Å²) in [6, 6.07) is 7.43. The van der Waals surface area contributed by atoms with E-state index in [4.69, 9.17) is 0 Å². The molecule has 0 radical (unpaired) electrons. The highest BCUT2D eigenvalue weighted by atomic mass is 16.1. The molecule has 2 N–H and O–H groups in total. The largest absolute Gasteiger partial charge is 0.304 e. The van der Waals surface area contributed by atoms with Crippen molar-refractivity contribution in [1.29, 1.82) is 0 Å². The minimum atomic E-state index is -0.0908. The summed E-state index contributed by atoms with van der Waals surface area (Å²) in [5, 5.41) is 6.48. The number of aromatic nitrogens is 4. The zero-order chi connectivity index (χ0) is 16.4. The van der Waals surface area contributed by atoms with Crippen LogP contribution in [0.25, 0.3) is 5.65 Å². The maximum Gasteiger partial charge on any atom is 0.272 e. The lowest BCUT2D eigenvalue weighted by atomic mass is 10.0. The second kappa shape index (κ2) is 6.34. The van der Waals surface area contributed by atoms with Crippen LogP contribution in [-0.4, -0.2) is 19.6 Å². The van der Waals surface area contributed by atoms with Crippen LogP contribution in [0, 0.1) is 12.8 Å². The Morgan fingerprint density at radius 1 is 1.35 bits per heavy atom. The van der Waals surface area contributed by atoms with Crippen LogP contribution in [0.15, 0.2) is 41.5 Å². The average Bonchev–Trinajstić information content (AvgIpc) is 2.89. The summed E-state index contributed by atoms with van der Waals surface area (Å²) in [6.45, 7) is 6.83. The van der Waals surface area contributed by atoms with Crippen molar-refractivity contribution in [2.45, 2.75) is 33.4 Å². The molecule has 0 aliphatic rings. The molecular formula is C17H21N5O. The quantitative estimate of drug-likeness (QED) is 0.757. The molecule has 0 aliphatic heterocycles. The summed E-state index contributed by atoms with van der Waals surface area (Å²) in [5.74, 6) is 0.307. The van der Waals surface area contributed by atoms with Gasteiger partial charge in [-0.3, -0.25) is 14.9 Å². The van der Waals surface area contributed by atoms with E-state index in [0.717, 1.165) is 17.0 Å². The SMILES string of the molecule is Cc1cc2nc([C@@H](NCc3cccnc3)C(C)C)cc(=O)n2[nH]1. The Balaban J connectivity index is 1.90. The van der Waals surface area contributed by atoms with Gasteiger partial charge in [0.15, 0.2) is 5.65 Å². The molecule has 3 aromatic rings. The van der Waals surface area contributed by atoms with Gasteiger partial charge in [-0.05, 0) is 24.5 Å². The molecule has 3 heterocycles. The van der Waals surface area contributed by atoms with Crippen LogP contribution in [0.1, 0.15) is 36.8 Å². The standard InChI is InChI=1S/C17H21N5O/c1-11(2)17(19-10-13-5-4-6-18-9-13)14-8-16(23)22-15(20-14)7-12(3)21-22/h4-9,11,17,19,21H,10H2,1-3H3/t17-/m0/s1. The second-order valence-electron chi connectivity index (χ2n) is 6.12. The van der Waals surface area contributed by atoms with E-state index in [1.165, 1.54) is 4.52 Å². The molecule has 3 aromatic heterocycles. The van der Waals surface area contributed by atoms with E-state index in [1.807, 2.05) is 31.3 Å². The molecule has 1 atom stereocenters. The number of rotatable bonds is 5. The molecule has 6 nitrogen and oxygen atoms in total. The van der Waals surface area contributed by atoms with Crippen molar-refractivity contribution in [1.82, 2.24) is 24.9 Å². The maximum atomic E-state index is 12.3. The fourth-order valence-electron chi connectivity index (χ4n) is 2.70. The number of fused-ring (bicyclic) bond motifs is 1. The molecule has 0 saturated heterocycles. The summed E-state index contributed by atoms with van der Waals surface area (Å²) in [7, 11) is 0. The van der Waals surface area contributed by atoms with Crippen LogP contribution in [-0.2, 0) is 6.54 Å². The van der Waals surface area contributed by atoms with Crippen LogP contribution >= 0.6 is 0 Å². The first-order valence-corrected chi connectivity index (χ1v) is 7.76. The van der Waals surface area contributed by atoms with Crippen LogP contribution in [0.5, 0.6) is 0 Å². The first-order valence-electron chi connectivity index (χ1n) is 7.76.